The molecule has 0 N–H and O–H groups in total. The third-order valence-electron chi connectivity index (χ3n) is 16.8. The van der Waals surface area contributed by atoms with Crippen LogP contribution in [0.15, 0.2) is 12.2 Å². The van der Waals surface area contributed by atoms with Gasteiger partial charge >= 0.3 is 11.9 Å². The number of quaternary nitrogens is 1. The van der Waals surface area contributed by atoms with Gasteiger partial charge in [0.15, 0.2) is 12.4 Å². The molecule has 0 bridgehead atoms. The second-order valence-electron chi connectivity index (χ2n) is 26.2. The van der Waals surface area contributed by atoms with E-state index < -0.39 is 24.3 Å². The molecule has 0 aromatic carbocycles. The standard InChI is InChI=1S/C73H141NO8/c1-6-8-10-12-14-16-18-20-22-24-26-27-28-29-30-31-32-33-34-35-36-37-38-39-40-41-42-43-44-45-46-48-49-51-53-55-57-59-61-63-70(75)80-67-69(68-81-73(72(77)78)79-66-65-74(3,4)5)82-71(76)64-62-60-58-56-54-52-50-47-25-23-21-19-17-15-13-11-9-7-2/h23,25,69,73H,6-22,24,26-68H2,1-5H3/b25-23-. The number of ether oxygens (including phenoxy) is 4. The molecule has 9 nitrogen and oxygen atoms in total. The molecule has 82 heavy (non-hydrogen) atoms. The van der Waals surface area contributed by atoms with Gasteiger partial charge in [-0.25, -0.2) is 0 Å². The van der Waals surface area contributed by atoms with Gasteiger partial charge in [0.25, 0.3) is 0 Å². The number of unbranched alkanes of at least 4 members (excludes halogenated alkanes) is 52. The number of esters is 2. The zero-order valence-corrected chi connectivity index (χ0v) is 55.7. The van der Waals surface area contributed by atoms with Gasteiger partial charge in [0, 0.05) is 12.8 Å². The van der Waals surface area contributed by atoms with Gasteiger partial charge < -0.3 is 33.3 Å². The van der Waals surface area contributed by atoms with Crippen molar-refractivity contribution in [1.29, 1.82) is 0 Å². The van der Waals surface area contributed by atoms with Gasteiger partial charge in [0.2, 0.25) is 0 Å². The minimum absolute atomic E-state index is 0.151. The lowest BCUT2D eigenvalue weighted by Crippen LogP contribution is -2.44. The number of carboxylic acid groups (broad SMARTS) is 1. The van der Waals surface area contributed by atoms with Gasteiger partial charge in [-0.05, 0) is 38.5 Å². The van der Waals surface area contributed by atoms with Gasteiger partial charge in [0.1, 0.15) is 13.2 Å². The minimum atomic E-state index is -1.62. The lowest BCUT2D eigenvalue weighted by atomic mass is 10.0. The molecule has 486 valence electrons. The summed E-state index contributed by atoms with van der Waals surface area (Å²) in [6, 6.07) is 0. The lowest BCUT2D eigenvalue weighted by Gasteiger charge is -2.26. The molecule has 0 aliphatic heterocycles. The number of likely N-dealkylation sites (N-methyl/N-ethyl adjacent to an activating group) is 1. The van der Waals surface area contributed by atoms with E-state index in [2.05, 4.69) is 26.0 Å². The molecule has 0 amide bonds. The molecule has 2 atom stereocenters. The Hall–Kier alpha value is -1.97. The van der Waals surface area contributed by atoms with Crippen molar-refractivity contribution in [3.8, 4) is 0 Å². The average molecular weight is 1160 g/mol. The van der Waals surface area contributed by atoms with Crippen molar-refractivity contribution in [2.75, 3.05) is 47.5 Å². The van der Waals surface area contributed by atoms with E-state index in [-0.39, 0.29) is 32.2 Å². The van der Waals surface area contributed by atoms with Crippen LogP contribution in [0.5, 0.6) is 0 Å². The first kappa shape index (κ1) is 80.0. The number of hydrogen-bond donors (Lipinski definition) is 0. The highest BCUT2D eigenvalue weighted by Gasteiger charge is 2.22. The summed E-state index contributed by atoms with van der Waals surface area (Å²) < 4.78 is 22.8. The van der Waals surface area contributed by atoms with Crippen molar-refractivity contribution >= 4 is 17.9 Å². The quantitative estimate of drug-likeness (QED) is 0.0195. The molecule has 0 aliphatic rings. The fourth-order valence-corrected chi connectivity index (χ4v) is 11.2. The van der Waals surface area contributed by atoms with E-state index in [1.54, 1.807) is 0 Å². The molecule has 0 aromatic heterocycles. The Balaban J connectivity index is 3.90. The van der Waals surface area contributed by atoms with Crippen LogP contribution in [0.3, 0.4) is 0 Å². The van der Waals surface area contributed by atoms with Gasteiger partial charge in [-0.2, -0.15) is 0 Å². The number of hydrogen-bond acceptors (Lipinski definition) is 8. The van der Waals surface area contributed by atoms with Crippen LogP contribution in [0, 0.1) is 0 Å². The fraction of sp³-hybridized carbons (Fsp3) is 0.932. The number of aliphatic carboxylic acids is 1. The van der Waals surface area contributed by atoms with Crippen LogP contribution in [-0.4, -0.2) is 82.3 Å². The monoisotopic (exact) mass is 1160 g/mol. The van der Waals surface area contributed by atoms with E-state index in [0.717, 1.165) is 44.9 Å². The van der Waals surface area contributed by atoms with Crippen LogP contribution >= 0.6 is 0 Å². The predicted octanol–water partition coefficient (Wildman–Crippen LogP) is 21.1. The first-order valence-corrected chi connectivity index (χ1v) is 36.3. The molecule has 0 rings (SSSR count). The molecule has 0 aromatic rings. The molecule has 0 spiro atoms. The van der Waals surface area contributed by atoms with Crippen molar-refractivity contribution in [3.63, 3.8) is 0 Å². The third-order valence-corrected chi connectivity index (χ3v) is 16.8. The summed E-state index contributed by atoms with van der Waals surface area (Å²) in [6.45, 7) is 4.81. The number of rotatable bonds is 69. The molecule has 0 radical (unpaired) electrons. The van der Waals surface area contributed by atoms with Gasteiger partial charge in [0.05, 0.1) is 40.3 Å². The first-order valence-electron chi connectivity index (χ1n) is 36.3. The topological polar surface area (TPSA) is 111 Å². The highest BCUT2D eigenvalue weighted by molar-refractivity contribution is 5.70. The highest BCUT2D eigenvalue weighted by atomic mass is 16.7. The Kier molecular flexibility index (Phi) is 63.5. The van der Waals surface area contributed by atoms with Crippen LogP contribution in [0.25, 0.3) is 0 Å². The van der Waals surface area contributed by atoms with Crippen molar-refractivity contribution in [3.05, 3.63) is 12.2 Å². The lowest BCUT2D eigenvalue weighted by molar-refractivity contribution is -0.870. The maximum absolute atomic E-state index is 12.9. The van der Waals surface area contributed by atoms with E-state index in [9.17, 15) is 19.5 Å². The molecule has 0 aliphatic carbocycles. The minimum Gasteiger partial charge on any atom is -0.545 e. The highest BCUT2D eigenvalue weighted by Crippen LogP contribution is 2.19. The summed E-state index contributed by atoms with van der Waals surface area (Å²) in [5.41, 5.74) is 0. The van der Waals surface area contributed by atoms with E-state index in [1.807, 2.05) is 21.1 Å². The molecule has 0 heterocycles. The van der Waals surface area contributed by atoms with E-state index in [4.69, 9.17) is 18.9 Å². The van der Waals surface area contributed by atoms with Crippen molar-refractivity contribution in [2.24, 2.45) is 0 Å². The van der Waals surface area contributed by atoms with Gasteiger partial charge in [-0.15, -0.1) is 0 Å². The second kappa shape index (κ2) is 65.0. The molecule has 2 unspecified atom stereocenters. The fourth-order valence-electron chi connectivity index (χ4n) is 11.2. The summed E-state index contributed by atoms with van der Waals surface area (Å²) >= 11 is 0. The Morgan fingerprint density at radius 2 is 0.622 bits per heavy atom. The van der Waals surface area contributed by atoms with E-state index in [1.165, 1.54) is 302 Å². The average Bonchev–Trinajstić information content (AvgIpc) is 3.45. The Labute approximate surface area is 510 Å². The SMILES string of the molecule is CCCCCCCCC/C=C\CCCCCCCCCC(=O)OC(COC(=O)CCCCCCCCCCCCCCCCCCCCCCCCCCCCCCCCCCCCCCCCC)COC(OCC[N+](C)(C)C)C(=O)[O-]. The normalized spacial score (nSPS) is 12.6. The molecule has 9 heteroatoms. The molecular formula is C73H141NO8. The summed E-state index contributed by atoms with van der Waals surface area (Å²) in [6.07, 6.45) is 76.2. The number of carbonyl (C=O) groups is 3. The zero-order chi connectivity index (χ0) is 59.8. The summed E-state index contributed by atoms with van der Waals surface area (Å²) in [5, 5.41) is 11.8. The summed E-state index contributed by atoms with van der Waals surface area (Å²) in [7, 11) is 5.94. The van der Waals surface area contributed by atoms with Crippen molar-refractivity contribution < 1.29 is 42.9 Å². The second-order valence-corrected chi connectivity index (χ2v) is 26.2. The molecule has 0 saturated carbocycles. The number of carbonyl (C=O) groups excluding carboxylic acids is 3. The Morgan fingerprint density at radius 3 is 0.902 bits per heavy atom. The first-order chi connectivity index (χ1) is 40.1. The van der Waals surface area contributed by atoms with E-state index >= 15 is 0 Å². The maximum Gasteiger partial charge on any atom is 0.306 e. The molecule has 0 fully saturated rings. The van der Waals surface area contributed by atoms with Crippen molar-refractivity contribution in [1.82, 2.24) is 0 Å². The number of nitrogens with zero attached hydrogens (tertiary/aromatic N) is 1. The Bertz CT molecular complexity index is 1350. The third kappa shape index (κ3) is 65.6. The largest absolute Gasteiger partial charge is 0.545 e. The summed E-state index contributed by atoms with van der Waals surface area (Å²) in [4.78, 5) is 37.4. The van der Waals surface area contributed by atoms with Gasteiger partial charge in [-0.3, -0.25) is 9.59 Å². The number of allylic oxidation sites excluding steroid dienone is 2. The van der Waals surface area contributed by atoms with Crippen molar-refractivity contribution in [2.45, 2.75) is 392 Å². The smallest absolute Gasteiger partial charge is 0.306 e. The van der Waals surface area contributed by atoms with Gasteiger partial charge in [-0.1, -0.05) is 341 Å². The van der Waals surface area contributed by atoms with Crippen LogP contribution < -0.4 is 5.11 Å². The molecule has 0 saturated heterocycles. The van der Waals surface area contributed by atoms with Crippen LogP contribution in [-0.2, 0) is 33.3 Å². The number of carboxylic acids is 1. The zero-order valence-electron chi connectivity index (χ0n) is 55.7. The van der Waals surface area contributed by atoms with E-state index in [0.29, 0.717) is 23.9 Å². The molecular weight excluding hydrogens is 1020 g/mol. The van der Waals surface area contributed by atoms with Crippen LogP contribution in [0.4, 0.5) is 0 Å². The van der Waals surface area contributed by atoms with Crippen LogP contribution in [0.1, 0.15) is 380 Å². The summed E-state index contributed by atoms with van der Waals surface area (Å²) in [5.74, 6) is -2.26. The maximum atomic E-state index is 12.9. The predicted molar refractivity (Wildman–Crippen MR) is 348 cm³/mol. The van der Waals surface area contributed by atoms with Crippen LogP contribution in [0.2, 0.25) is 0 Å². The Morgan fingerprint density at radius 1 is 0.354 bits per heavy atom.